The molecule has 1 aromatic heterocycles. The maximum absolute atomic E-state index is 12.8. The van der Waals surface area contributed by atoms with Crippen LogP contribution in [-0.2, 0) is 4.79 Å². The Hall–Kier alpha value is -2.50. The van der Waals surface area contributed by atoms with Gasteiger partial charge in [0.15, 0.2) is 6.61 Å². The molecule has 1 aromatic carbocycles. The maximum atomic E-state index is 12.8. The first-order valence-corrected chi connectivity index (χ1v) is 5.18. The third kappa shape index (κ3) is 3.51. The van der Waals surface area contributed by atoms with Gasteiger partial charge in [0.2, 0.25) is 0 Å². The molecule has 6 heteroatoms. The molecule has 0 radical (unpaired) electrons. The first-order chi connectivity index (χ1) is 8.74. The summed E-state index contributed by atoms with van der Waals surface area (Å²) in [6.45, 7) is -0.215. The fourth-order valence-electron chi connectivity index (χ4n) is 1.25. The average Bonchev–Trinajstić information content (AvgIpc) is 2.38. The maximum Gasteiger partial charge on any atom is 0.263 e. The Morgan fingerprint density at radius 1 is 1.39 bits per heavy atom. The van der Waals surface area contributed by atoms with Crippen LogP contribution in [0.5, 0.6) is 5.75 Å². The Bertz CT molecular complexity index is 534. The number of aromatic nitrogens is 2. The highest BCUT2D eigenvalue weighted by Gasteiger charge is 2.04. The summed E-state index contributed by atoms with van der Waals surface area (Å²) in [5.74, 6) is -0.104. The van der Waals surface area contributed by atoms with Gasteiger partial charge in [-0.05, 0) is 18.2 Å². The minimum Gasteiger partial charge on any atom is -0.484 e. The molecule has 0 spiro atoms. The molecule has 0 bridgehead atoms. The summed E-state index contributed by atoms with van der Waals surface area (Å²) in [6.07, 6.45) is 2.83. The van der Waals surface area contributed by atoms with Gasteiger partial charge in [-0.1, -0.05) is 6.07 Å². The summed E-state index contributed by atoms with van der Waals surface area (Å²) in [7, 11) is 0. The quantitative estimate of drug-likeness (QED) is 0.891. The van der Waals surface area contributed by atoms with Crippen molar-refractivity contribution >= 4 is 11.7 Å². The van der Waals surface area contributed by atoms with E-state index in [1.807, 2.05) is 0 Å². The minimum absolute atomic E-state index is 0.215. The number of benzene rings is 1. The predicted molar refractivity (Wildman–Crippen MR) is 62.6 cm³/mol. The first kappa shape index (κ1) is 12.0. The molecule has 0 aliphatic rings. The molecule has 18 heavy (non-hydrogen) atoms. The number of rotatable bonds is 4. The molecule has 1 N–H and O–H groups in total. The Labute approximate surface area is 103 Å². The zero-order valence-electron chi connectivity index (χ0n) is 9.34. The number of nitrogens with one attached hydrogen (secondary N) is 1. The molecule has 0 aliphatic carbocycles. The molecule has 2 rings (SSSR count). The van der Waals surface area contributed by atoms with Crippen LogP contribution in [0.4, 0.5) is 10.2 Å². The summed E-state index contributed by atoms with van der Waals surface area (Å²) >= 11 is 0. The number of hydrogen-bond donors (Lipinski definition) is 1. The number of nitrogens with zero attached hydrogens (tertiary/aromatic N) is 2. The van der Waals surface area contributed by atoms with Gasteiger partial charge in [-0.2, -0.15) is 0 Å². The van der Waals surface area contributed by atoms with E-state index in [2.05, 4.69) is 15.3 Å². The monoisotopic (exact) mass is 247 g/mol. The van der Waals surface area contributed by atoms with Crippen molar-refractivity contribution in [3.63, 3.8) is 0 Å². The van der Waals surface area contributed by atoms with Crippen LogP contribution in [0.1, 0.15) is 0 Å². The molecule has 1 amide bonds. The molecule has 0 fully saturated rings. The third-order valence-electron chi connectivity index (χ3n) is 2.02. The summed E-state index contributed by atoms with van der Waals surface area (Å²) in [5.41, 5.74) is 0. The lowest BCUT2D eigenvalue weighted by molar-refractivity contribution is -0.118. The van der Waals surface area contributed by atoms with Gasteiger partial charge in [-0.15, -0.1) is 0 Å². The molecular formula is C12H10FN3O2. The standard InChI is InChI=1S/C12H10FN3O2/c13-9-2-1-3-10(6-9)18-7-12(17)16-11-4-5-14-8-15-11/h1-6,8H,7H2,(H,14,15,16,17). The van der Waals surface area contributed by atoms with Crippen molar-refractivity contribution in [2.75, 3.05) is 11.9 Å². The molecule has 92 valence electrons. The Kier molecular flexibility index (Phi) is 3.80. The number of ether oxygens (including phenoxy) is 1. The van der Waals surface area contributed by atoms with Gasteiger partial charge in [0.1, 0.15) is 23.7 Å². The van der Waals surface area contributed by atoms with Crippen molar-refractivity contribution in [3.05, 3.63) is 48.7 Å². The topological polar surface area (TPSA) is 64.1 Å². The number of hydrogen-bond acceptors (Lipinski definition) is 4. The van der Waals surface area contributed by atoms with E-state index in [1.54, 1.807) is 12.1 Å². The van der Waals surface area contributed by atoms with Crippen LogP contribution >= 0.6 is 0 Å². The van der Waals surface area contributed by atoms with Crippen LogP contribution < -0.4 is 10.1 Å². The number of halogens is 1. The van der Waals surface area contributed by atoms with E-state index in [9.17, 15) is 9.18 Å². The van der Waals surface area contributed by atoms with E-state index in [0.29, 0.717) is 11.6 Å². The number of carbonyl (C=O) groups excluding carboxylic acids is 1. The van der Waals surface area contributed by atoms with E-state index in [4.69, 9.17) is 4.74 Å². The summed E-state index contributed by atoms with van der Waals surface area (Å²) in [5, 5.41) is 2.52. The van der Waals surface area contributed by atoms with Crippen LogP contribution in [0.2, 0.25) is 0 Å². The largest absolute Gasteiger partial charge is 0.484 e. The van der Waals surface area contributed by atoms with E-state index >= 15 is 0 Å². The lowest BCUT2D eigenvalue weighted by Crippen LogP contribution is -2.20. The van der Waals surface area contributed by atoms with Gasteiger partial charge in [0.25, 0.3) is 5.91 Å². The molecule has 5 nitrogen and oxygen atoms in total. The Balaban J connectivity index is 1.85. The zero-order valence-corrected chi connectivity index (χ0v) is 9.34. The molecule has 0 atom stereocenters. The molecule has 0 aliphatic heterocycles. The second kappa shape index (κ2) is 5.72. The zero-order chi connectivity index (χ0) is 12.8. The SMILES string of the molecule is O=C(COc1cccc(F)c1)Nc1ccncn1. The van der Waals surface area contributed by atoms with Crippen LogP contribution in [0.15, 0.2) is 42.9 Å². The normalized spacial score (nSPS) is 9.83. The van der Waals surface area contributed by atoms with E-state index < -0.39 is 5.82 Å². The highest BCUT2D eigenvalue weighted by molar-refractivity contribution is 5.90. The lowest BCUT2D eigenvalue weighted by Gasteiger charge is -2.06. The van der Waals surface area contributed by atoms with Crippen molar-refractivity contribution in [3.8, 4) is 5.75 Å². The van der Waals surface area contributed by atoms with Crippen LogP contribution in [0, 0.1) is 5.82 Å². The van der Waals surface area contributed by atoms with Gasteiger partial charge < -0.3 is 10.1 Å². The summed E-state index contributed by atoms with van der Waals surface area (Å²) < 4.78 is 18.0. The van der Waals surface area contributed by atoms with Crippen LogP contribution in [0.3, 0.4) is 0 Å². The average molecular weight is 247 g/mol. The Morgan fingerprint density at radius 2 is 2.28 bits per heavy atom. The molecule has 1 heterocycles. The minimum atomic E-state index is -0.413. The van der Waals surface area contributed by atoms with Crippen molar-refractivity contribution in [2.45, 2.75) is 0 Å². The smallest absolute Gasteiger partial charge is 0.263 e. The number of anilines is 1. The second-order valence-corrected chi connectivity index (χ2v) is 3.39. The summed E-state index contributed by atoms with van der Waals surface area (Å²) in [6, 6.07) is 7.14. The number of amides is 1. The van der Waals surface area contributed by atoms with Gasteiger partial charge in [-0.25, -0.2) is 14.4 Å². The number of carbonyl (C=O) groups is 1. The molecule has 0 saturated heterocycles. The first-order valence-electron chi connectivity index (χ1n) is 5.18. The Morgan fingerprint density at radius 3 is 3.00 bits per heavy atom. The predicted octanol–water partition coefficient (Wildman–Crippen LogP) is 1.63. The van der Waals surface area contributed by atoms with Gasteiger partial charge in [-0.3, -0.25) is 4.79 Å². The van der Waals surface area contributed by atoms with Gasteiger partial charge in [0.05, 0.1) is 0 Å². The van der Waals surface area contributed by atoms with E-state index in [-0.39, 0.29) is 12.5 Å². The highest BCUT2D eigenvalue weighted by atomic mass is 19.1. The van der Waals surface area contributed by atoms with Crippen LogP contribution in [-0.4, -0.2) is 22.5 Å². The van der Waals surface area contributed by atoms with E-state index in [0.717, 1.165) is 0 Å². The van der Waals surface area contributed by atoms with Crippen molar-refractivity contribution in [1.29, 1.82) is 0 Å². The molecular weight excluding hydrogens is 237 g/mol. The van der Waals surface area contributed by atoms with Crippen molar-refractivity contribution in [1.82, 2.24) is 9.97 Å². The molecule has 0 saturated carbocycles. The molecule has 2 aromatic rings. The van der Waals surface area contributed by atoms with Crippen LogP contribution in [0.25, 0.3) is 0 Å². The highest BCUT2D eigenvalue weighted by Crippen LogP contribution is 2.11. The second-order valence-electron chi connectivity index (χ2n) is 3.39. The fourth-order valence-corrected chi connectivity index (χ4v) is 1.25. The van der Waals surface area contributed by atoms with Gasteiger partial charge in [0, 0.05) is 12.3 Å². The van der Waals surface area contributed by atoms with Crippen molar-refractivity contribution in [2.24, 2.45) is 0 Å². The lowest BCUT2D eigenvalue weighted by atomic mass is 10.3. The van der Waals surface area contributed by atoms with E-state index in [1.165, 1.54) is 30.7 Å². The molecule has 0 unspecified atom stereocenters. The van der Waals surface area contributed by atoms with Gasteiger partial charge >= 0.3 is 0 Å². The fraction of sp³-hybridized carbons (Fsp3) is 0.0833. The van der Waals surface area contributed by atoms with Crippen molar-refractivity contribution < 1.29 is 13.9 Å². The third-order valence-corrected chi connectivity index (χ3v) is 2.02. The summed E-state index contributed by atoms with van der Waals surface area (Å²) in [4.78, 5) is 19.0.